The van der Waals surface area contributed by atoms with E-state index in [1.165, 1.54) is 32.4 Å². The molecule has 0 amide bonds. The van der Waals surface area contributed by atoms with Crippen molar-refractivity contribution in [1.82, 2.24) is 24.6 Å². The number of nitrogens with one attached hydrogen (secondary N) is 1. The lowest BCUT2D eigenvalue weighted by molar-refractivity contribution is 0.218. The van der Waals surface area contributed by atoms with E-state index in [0.29, 0.717) is 5.02 Å². The number of piperidine rings is 1. The highest BCUT2D eigenvalue weighted by Gasteiger charge is 2.10. The molecule has 3 heterocycles. The lowest BCUT2D eigenvalue weighted by atomic mass is 10.1. The molecule has 0 unspecified atom stereocenters. The van der Waals surface area contributed by atoms with E-state index < -0.39 is 0 Å². The van der Waals surface area contributed by atoms with Gasteiger partial charge in [0.2, 0.25) is 0 Å². The van der Waals surface area contributed by atoms with Crippen molar-refractivity contribution in [2.24, 2.45) is 0 Å². The van der Waals surface area contributed by atoms with Crippen LogP contribution < -0.4 is 5.32 Å². The molecule has 0 aliphatic carbocycles. The first-order valence-corrected chi connectivity index (χ1v) is 9.08. The predicted octanol–water partition coefficient (Wildman–Crippen LogP) is 3.71. The first kappa shape index (κ1) is 16.3. The van der Waals surface area contributed by atoms with E-state index in [0.717, 1.165) is 35.5 Å². The molecule has 6 nitrogen and oxygen atoms in total. The number of aromatic nitrogens is 4. The number of hydrogen-bond acceptors (Lipinski definition) is 5. The quantitative estimate of drug-likeness (QED) is 0.755. The number of hydrogen-bond donors (Lipinski definition) is 1. The summed E-state index contributed by atoms with van der Waals surface area (Å²) < 4.78 is 1.98. The van der Waals surface area contributed by atoms with Gasteiger partial charge in [-0.3, -0.25) is 4.68 Å². The highest BCUT2D eigenvalue weighted by Crippen LogP contribution is 2.25. The van der Waals surface area contributed by atoms with Crippen LogP contribution >= 0.6 is 11.6 Å². The highest BCUT2D eigenvalue weighted by molar-refractivity contribution is 6.31. The van der Waals surface area contributed by atoms with Crippen molar-refractivity contribution in [3.8, 4) is 0 Å². The number of halogens is 1. The molecule has 3 aromatic rings. The van der Waals surface area contributed by atoms with Crippen molar-refractivity contribution in [2.75, 3.05) is 25.0 Å². The van der Waals surface area contributed by atoms with Crippen molar-refractivity contribution in [3.63, 3.8) is 0 Å². The summed E-state index contributed by atoms with van der Waals surface area (Å²) in [7, 11) is 0. The van der Waals surface area contributed by atoms with Gasteiger partial charge in [0.05, 0.1) is 23.9 Å². The highest BCUT2D eigenvalue weighted by atomic mass is 35.5. The van der Waals surface area contributed by atoms with E-state index in [1.54, 1.807) is 6.33 Å². The van der Waals surface area contributed by atoms with Crippen LogP contribution in [0, 0.1) is 0 Å². The summed E-state index contributed by atoms with van der Waals surface area (Å²) in [5.41, 5.74) is 1.75. The molecule has 2 aromatic heterocycles. The van der Waals surface area contributed by atoms with Crippen molar-refractivity contribution >= 4 is 34.0 Å². The van der Waals surface area contributed by atoms with E-state index in [-0.39, 0.29) is 0 Å². The Kier molecular flexibility index (Phi) is 4.81. The second kappa shape index (κ2) is 7.37. The maximum Gasteiger partial charge on any atom is 0.141 e. The molecule has 130 valence electrons. The standard InChI is InChI=1S/C18H21ClN6/c19-14-4-5-16-17(10-14)20-13-21-18(16)23-15-11-22-25(12-15)9-8-24-6-2-1-3-7-24/h4-5,10-13H,1-3,6-9H2,(H,20,21,23). The third-order valence-electron chi connectivity index (χ3n) is 4.59. The van der Waals surface area contributed by atoms with Gasteiger partial charge in [-0.2, -0.15) is 5.10 Å². The van der Waals surface area contributed by atoms with E-state index >= 15 is 0 Å². The fraction of sp³-hybridized carbons (Fsp3) is 0.389. The molecule has 1 N–H and O–H groups in total. The van der Waals surface area contributed by atoms with Crippen LogP contribution in [0.5, 0.6) is 0 Å². The molecule has 0 atom stereocenters. The molecule has 0 saturated carbocycles. The van der Waals surface area contributed by atoms with Crippen LogP contribution in [0.1, 0.15) is 19.3 Å². The van der Waals surface area contributed by atoms with Gasteiger partial charge in [0, 0.05) is 23.2 Å². The summed E-state index contributed by atoms with van der Waals surface area (Å²) >= 11 is 6.04. The molecule has 4 rings (SSSR count). The topological polar surface area (TPSA) is 58.9 Å². The van der Waals surface area contributed by atoms with Gasteiger partial charge in [-0.05, 0) is 44.1 Å². The minimum atomic E-state index is 0.669. The molecule has 1 aromatic carbocycles. The van der Waals surface area contributed by atoms with E-state index in [1.807, 2.05) is 35.3 Å². The molecular formula is C18H21ClN6. The third kappa shape index (κ3) is 3.91. The van der Waals surface area contributed by atoms with Crippen molar-refractivity contribution < 1.29 is 0 Å². The van der Waals surface area contributed by atoms with Gasteiger partial charge < -0.3 is 10.2 Å². The normalized spacial score (nSPS) is 15.6. The minimum absolute atomic E-state index is 0.669. The predicted molar refractivity (Wildman–Crippen MR) is 100 cm³/mol. The maximum absolute atomic E-state index is 6.04. The fourth-order valence-corrected chi connectivity index (χ4v) is 3.41. The number of benzene rings is 1. The Morgan fingerprint density at radius 2 is 1.96 bits per heavy atom. The number of rotatable bonds is 5. The van der Waals surface area contributed by atoms with Gasteiger partial charge in [0.15, 0.2) is 0 Å². The lowest BCUT2D eigenvalue weighted by Crippen LogP contribution is -2.32. The van der Waals surface area contributed by atoms with Crippen LogP contribution in [0.15, 0.2) is 36.9 Å². The Balaban J connectivity index is 1.44. The second-order valence-corrected chi connectivity index (χ2v) is 6.84. The zero-order chi connectivity index (χ0) is 17.1. The van der Waals surface area contributed by atoms with E-state index in [9.17, 15) is 0 Å². The Morgan fingerprint density at radius 1 is 1.08 bits per heavy atom. The summed E-state index contributed by atoms with van der Waals surface area (Å²) in [6, 6.07) is 5.62. The summed E-state index contributed by atoms with van der Waals surface area (Å²) in [6.07, 6.45) is 9.40. The average Bonchev–Trinajstić information content (AvgIpc) is 3.08. The van der Waals surface area contributed by atoms with Gasteiger partial charge in [-0.15, -0.1) is 0 Å². The summed E-state index contributed by atoms with van der Waals surface area (Å²) in [6.45, 7) is 4.38. The first-order chi connectivity index (χ1) is 12.3. The largest absolute Gasteiger partial charge is 0.337 e. The fourth-order valence-electron chi connectivity index (χ4n) is 3.24. The van der Waals surface area contributed by atoms with Gasteiger partial charge in [0.1, 0.15) is 12.1 Å². The lowest BCUT2D eigenvalue weighted by Gasteiger charge is -2.26. The molecule has 0 radical (unpaired) electrons. The molecule has 1 saturated heterocycles. The molecule has 1 aliphatic heterocycles. The molecule has 0 bridgehead atoms. The second-order valence-electron chi connectivity index (χ2n) is 6.40. The van der Waals surface area contributed by atoms with Gasteiger partial charge >= 0.3 is 0 Å². The number of nitrogens with zero attached hydrogens (tertiary/aromatic N) is 5. The van der Waals surface area contributed by atoms with Gasteiger partial charge in [-0.1, -0.05) is 18.0 Å². The monoisotopic (exact) mass is 356 g/mol. The first-order valence-electron chi connectivity index (χ1n) is 8.70. The van der Waals surface area contributed by atoms with Crippen LogP contribution in [-0.4, -0.2) is 44.3 Å². The molecular weight excluding hydrogens is 336 g/mol. The average molecular weight is 357 g/mol. The molecule has 25 heavy (non-hydrogen) atoms. The number of likely N-dealkylation sites (tertiary alicyclic amines) is 1. The minimum Gasteiger partial charge on any atom is -0.337 e. The third-order valence-corrected chi connectivity index (χ3v) is 4.82. The molecule has 7 heteroatoms. The summed E-state index contributed by atoms with van der Waals surface area (Å²) in [4.78, 5) is 11.1. The SMILES string of the molecule is Clc1ccc2c(Nc3cnn(CCN4CCCCC4)c3)ncnc2c1. The van der Waals surface area contributed by atoms with Gasteiger partial charge in [-0.25, -0.2) is 9.97 Å². The Hall–Kier alpha value is -2.18. The van der Waals surface area contributed by atoms with Crippen molar-refractivity contribution in [2.45, 2.75) is 25.8 Å². The zero-order valence-electron chi connectivity index (χ0n) is 14.0. The Bertz CT molecular complexity index is 856. The molecule has 1 fully saturated rings. The number of anilines is 2. The summed E-state index contributed by atoms with van der Waals surface area (Å²) in [5, 5.41) is 9.39. The Morgan fingerprint density at radius 3 is 2.84 bits per heavy atom. The van der Waals surface area contributed by atoms with Crippen molar-refractivity contribution in [3.05, 3.63) is 41.9 Å². The van der Waals surface area contributed by atoms with Crippen LogP contribution in [-0.2, 0) is 6.54 Å². The maximum atomic E-state index is 6.04. The van der Waals surface area contributed by atoms with E-state index in [2.05, 4.69) is 25.3 Å². The molecule has 1 aliphatic rings. The van der Waals surface area contributed by atoms with E-state index in [4.69, 9.17) is 11.6 Å². The smallest absolute Gasteiger partial charge is 0.141 e. The van der Waals surface area contributed by atoms with Crippen LogP contribution in [0.3, 0.4) is 0 Å². The zero-order valence-corrected chi connectivity index (χ0v) is 14.8. The van der Waals surface area contributed by atoms with Crippen LogP contribution in [0.25, 0.3) is 10.9 Å². The van der Waals surface area contributed by atoms with Crippen LogP contribution in [0.2, 0.25) is 5.02 Å². The summed E-state index contributed by atoms with van der Waals surface area (Å²) in [5.74, 6) is 0.761. The van der Waals surface area contributed by atoms with Crippen LogP contribution in [0.4, 0.5) is 11.5 Å². The van der Waals surface area contributed by atoms with Gasteiger partial charge in [0.25, 0.3) is 0 Å². The van der Waals surface area contributed by atoms with Crippen molar-refractivity contribution in [1.29, 1.82) is 0 Å². The Labute approximate surface area is 151 Å². The number of fused-ring (bicyclic) bond motifs is 1. The molecule has 0 spiro atoms.